The maximum atomic E-state index is 3.87. The summed E-state index contributed by atoms with van der Waals surface area (Å²) in [5.41, 5.74) is 0. The number of nitrogens with one attached hydrogen (secondary N) is 1. The van der Waals surface area contributed by atoms with Crippen LogP contribution in [0.5, 0.6) is 0 Å². The van der Waals surface area contributed by atoms with Crippen LogP contribution in [0.3, 0.4) is 0 Å². The second-order valence-corrected chi connectivity index (χ2v) is 6.53. The third-order valence-corrected chi connectivity index (χ3v) is 4.97. The molecule has 1 heteroatoms. The largest absolute Gasteiger partial charge is 0.311 e. The van der Waals surface area contributed by atoms with Gasteiger partial charge in [-0.05, 0) is 50.4 Å². The van der Waals surface area contributed by atoms with E-state index in [0.29, 0.717) is 0 Å². The fraction of sp³-hybridized carbons (Fsp3) is 1.00. The highest BCUT2D eigenvalue weighted by Crippen LogP contribution is 2.35. The molecule has 2 saturated carbocycles. The van der Waals surface area contributed by atoms with E-state index in [2.05, 4.69) is 26.1 Å². The van der Waals surface area contributed by atoms with Gasteiger partial charge in [-0.15, -0.1) is 0 Å². The Bertz CT molecular complexity index is 199. The topological polar surface area (TPSA) is 12.0 Å². The Morgan fingerprint density at radius 1 is 0.875 bits per heavy atom. The molecule has 2 aliphatic carbocycles. The molecule has 0 saturated heterocycles. The Labute approximate surface area is 101 Å². The van der Waals surface area contributed by atoms with E-state index in [0.717, 1.165) is 29.8 Å². The van der Waals surface area contributed by atoms with E-state index in [-0.39, 0.29) is 0 Å². The lowest BCUT2D eigenvalue weighted by Gasteiger charge is -2.42. The fourth-order valence-corrected chi connectivity index (χ4v) is 3.48. The molecule has 0 aromatic rings. The van der Waals surface area contributed by atoms with Crippen LogP contribution in [-0.2, 0) is 0 Å². The molecular formula is C15H29N. The van der Waals surface area contributed by atoms with Crippen molar-refractivity contribution in [3.63, 3.8) is 0 Å². The van der Waals surface area contributed by atoms with Crippen LogP contribution >= 0.6 is 0 Å². The zero-order valence-electron chi connectivity index (χ0n) is 11.3. The molecule has 0 radical (unpaired) electrons. The van der Waals surface area contributed by atoms with E-state index in [4.69, 9.17) is 0 Å². The molecule has 0 unspecified atom stereocenters. The van der Waals surface area contributed by atoms with Crippen molar-refractivity contribution in [2.45, 2.75) is 77.8 Å². The first-order valence-electron chi connectivity index (χ1n) is 7.43. The monoisotopic (exact) mass is 223 g/mol. The molecule has 2 fully saturated rings. The van der Waals surface area contributed by atoms with E-state index >= 15 is 0 Å². The van der Waals surface area contributed by atoms with Crippen LogP contribution in [-0.4, -0.2) is 12.1 Å². The molecule has 0 spiro atoms. The second kappa shape index (κ2) is 5.53. The molecule has 1 nitrogen and oxygen atoms in total. The first kappa shape index (κ1) is 12.4. The average molecular weight is 223 g/mol. The molecule has 0 amide bonds. The summed E-state index contributed by atoms with van der Waals surface area (Å²) >= 11 is 0. The van der Waals surface area contributed by atoms with Gasteiger partial charge in [0.1, 0.15) is 0 Å². The van der Waals surface area contributed by atoms with E-state index < -0.39 is 0 Å². The van der Waals surface area contributed by atoms with Gasteiger partial charge in [-0.25, -0.2) is 0 Å². The molecule has 2 rings (SSSR count). The van der Waals surface area contributed by atoms with Crippen LogP contribution in [0.1, 0.15) is 65.7 Å². The molecule has 0 aromatic carbocycles. The van der Waals surface area contributed by atoms with Crippen molar-refractivity contribution in [3.8, 4) is 0 Å². The lowest BCUT2D eigenvalue weighted by atomic mass is 9.73. The minimum Gasteiger partial charge on any atom is -0.311 e. The van der Waals surface area contributed by atoms with Crippen LogP contribution in [0.25, 0.3) is 0 Å². The summed E-state index contributed by atoms with van der Waals surface area (Å²) in [6.07, 6.45) is 10.2. The second-order valence-electron chi connectivity index (χ2n) is 6.53. The van der Waals surface area contributed by atoms with Gasteiger partial charge in [0.25, 0.3) is 0 Å². The third kappa shape index (κ3) is 3.00. The summed E-state index contributed by atoms with van der Waals surface area (Å²) in [6.45, 7) is 7.15. The standard InChI is InChI=1S/C15H29N/c1-11(2)14-9-15(10-14)16-12(3)13-7-5-4-6-8-13/h11-16H,4-10H2,1-3H3/t12-,14?,15?/m1/s1. The van der Waals surface area contributed by atoms with Crippen molar-refractivity contribution >= 4 is 0 Å². The van der Waals surface area contributed by atoms with Gasteiger partial charge in [0, 0.05) is 12.1 Å². The molecule has 1 N–H and O–H groups in total. The van der Waals surface area contributed by atoms with E-state index in [1.165, 1.54) is 44.9 Å². The highest BCUT2D eigenvalue weighted by Gasteiger charge is 2.33. The Morgan fingerprint density at radius 3 is 2.06 bits per heavy atom. The lowest BCUT2D eigenvalue weighted by molar-refractivity contribution is 0.141. The van der Waals surface area contributed by atoms with Crippen molar-refractivity contribution in [1.29, 1.82) is 0 Å². The molecule has 94 valence electrons. The summed E-state index contributed by atoms with van der Waals surface area (Å²) < 4.78 is 0. The van der Waals surface area contributed by atoms with Gasteiger partial charge in [0.05, 0.1) is 0 Å². The van der Waals surface area contributed by atoms with Gasteiger partial charge in [-0.2, -0.15) is 0 Å². The zero-order chi connectivity index (χ0) is 11.5. The molecular weight excluding hydrogens is 194 g/mol. The first-order chi connectivity index (χ1) is 7.66. The van der Waals surface area contributed by atoms with Gasteiger partial charge in [-0.1, -0.05) is 33.1 Å². The minimum atomic E-state index is 0.762. The summed E-state index contributed by atoms with van der Waals surface area (Å²) in [6, 6.07) is 1.60. The summed E-state index contributed by atoms with van der Waals surface area (Å²) in [7, 11) is 0. The molecule has 2 aliphatic rings. The number of hydrogen-bond donors (Lipinski definition) is 1. The van der Waals surface area contributed by atoms with E-state index in [1.807, 2.05) is 0 Å². The molecule has 0 aliphatic heterocycles. The van der Waals surface area contributed by atoms with Crippen molar-refractivity contribution in [2.75, 3.05) is 0 Å². The molecule has 16 heavy (non-hydrogen) atoms. The Hall–Kier alpha value is -0.0400. The van der Waals surface area contributed by atoms with Gasteiger partial charge in [0.15, 0.2) is 0 Å². The maximum Gasteiger partial charge on any atom is 0.00751 e. The average Bonchev–Trinajstić information content (AvgIpc) is 2.23. The predicted octanol–water partition coefficient (Wildman–Crippen LogP) is 3.98. The smallest absolute Gasteiger partial charge is 0.00751 e. The third-order valence-electron chi connectivity index (χ3n) is 4.97. The van der Waals surface area contributed by atoms with E-state index in [9.17, 15) is 0 Å². The van der Waals surface area contributed by atoms with Crippen LogP contribution in [0.15, 0.2) is 0 Å². The van der Waals surface area contributed by atoms with Crippen LogP contribution in [0.4, 0.5) is 0 Å². The summed E-state index contributed by atoms with van der Waals surface area (Å²) in [5, 5.41) is 3.87. The van der Waals surface area contributed by atoms with Gasteiger partial charge in [-0.3, -0.25) is 0 Å². The highest BCUT2D eigenvalue weighted by atomic mass is 15.0. The quantitative estimate of drug-likeness (QED) is 0.760. The number of rotatable bonds is 4. The fourth-order valence-electron chi connectivity index (χ4n) is 3.48. The Morgan fingerprint density at radius 2 is 1.50 bits per heavy atom. The van der Waals surface area contributed by atoms with Gasteiger partial charge in [0.2, 0.25) is 0 Å². The first-order valence-corrected chi connectivity index (χ1v) is 7.43. The SMILES string of the molecule is CC(C)C1CC(N[C@H](C)C2CCCCC2)C1. The summed E-state index contributed by atoms with van der Waals surface area (Å²) in [4.78, 5) is 0. The highest BCUT2D eigenvalue weighted by molar-refractivity contribution is 4.89. The van der Waals surface area contributed by atoms with Crippen molar-refractivity contribution in [2.24, 2.45) is 17.8 Å². The molecule has 0 aromatic heterocycles. The van der Waals surface area contributed by atoms with Crippen molar-refractivity contribution in [1.82, 2.24) is 5.32 Å². The van der Waals surface area contributed by atoms with Crippen LogP contribution in [0.2, 0.25) is 0 Å². The van der Waals surface area contributed by atoms with Gasteiger partial charge < -0.3 is 5.32 Å². The Balaban J connectivity index is 1.66. The van der Waals surface area contributed by atoms with Crippen molar-refractivity contribution in [3.05, 3.63) is 0 Å². The normalized spacial score (nSPS) is 33.8. The van der Waals surface area contributed by atoms with E-state index in [1.54, 1.807) is 0 Å². The minimum absolute atomic E-state index is 0.762. The van der Waals surface area contributed by atoms with Crippen LogP contribution < -0.4 is 5.32 Å². The molecule has 0 bridgehead atoms. The van der Waals surface area contributed by atoms with Gasteiger partial charge >= 0.3 is 0 Å². The molecule has 1 atom stereocenters. The number of hydrogen-bond acceptors (Lipinski definition) is 1. The Kier molecular flexibility index (Phi) is 4.29. The van der Waals surface area contributed by atoms with Crippen molar-refractivity contribution < 1.29 is 0 Å². The zero-order valence-corrected chi connectivity index (χ0v) is 11.3. The lowest BCUT2D eigenvalue weighted by Crippen LogP contribution is -2.49. The maximum absolute atomic E-state index is 3.87. The van der Waals surface area contributed by atoms with Crippen LogP contribution in [0, 0.1) is 17.8 Å². The predicted molar refractivity (Wildman–Crippen MR) is 70.5 cm³/mol. The summed E-state index contributed by atoms with van der Waals surface area (Å²) in [5.74, 6) is 2.85. The molecule has 0 heterocycles.